The highest BCUT2D eigenvalue weighted by atomic mass is 14.7. The van der Waals surface area contributed by atoms with Gasteiger partial charge in [0.15, 0.2) is 0 Å². The van der Waals surface area contributed by atoms with E-state index in [0.29, 0.717) is 0 Å². The third kappa shape index (κ3) is 1.60. The van der Waals surface area contributed by atoms with Gasteiger partial charge in [-0.1, -0.05) is 6.92 Å². The highest BCUT2D eigenvalue weighted by Crippen LogP contribution is 2.23. The van der Waals surface area contributed by atoms with E-state index < -0.39 is 0 Å². The number of hydrogen-bond acceptors (Lipinski definition) is 1. The first-order valence-corrected chi connectivity index (χ1v) is 5.29. The van der Waals surface area contributed by atoms with Crippen LogP contribution in [0.15, 0.2) is 6.07 Å². The van der Waals surface area contributed by atoms with E-state index in [4.69, 9.17) is 0 Å². The van der Waals surface area contributed by atoms with E-state index in [0.717, 1.165) is 6.42 Å². The monoisotopic (exact) mass is 175 g/mol. The summed E-state index contributed by atoms with van der Waals surface area (Å²) in [4.78, 5) is 4.62. The second kappa shape index (κ2) is 3.49. The lowest BCUT2D eigenvalue weighted by atomic mass is 9.91. The third-order valence-electron chi connectivity index (χ3n) is 2.90. The molecule has 70 valence electrons. The zero-order valence-electron chi connectivity index (χ0n) is 8.56. The van der Waals surface area contributed by atoms with Crippen molar-refractivity contribution in [1.29, 1.82) is 0 Å². The summed E-state index contributed by atoms with van der Waals surface area (Å²) in [5.74, 6) is 0. The standard InChI is InChI=1S/C12H17N/c1-3-10-8-9(2)13-12-7-5-4-6-11(10)12/h8H,3-7H2,1-2H3. The van der Waals surface area contributed by atoms with E-state index in [9.17, 15) is 0 Å². The van der Waals surface area contributed by atoms with Crippen LogP contribution in [0.3, 0.4) is 0 Å². The molecular formula is C12H17N. The summed E-state index contributed by atoms with van der Waals surface area (Å²) in [6.45, 7) is 4.34. The van der Waals surface area contributed by atoms with Crippen molar-refractivity contribution in [3.63, 3.8) is 0 Å². The minimum absolute atomic E-state index is 1.16. The van der Waals surface area contributed by atoms with Crippen molar-refractivity contribution in [2.24, 2.45) is 0 Å². The topological polar surface area (TPSA) is 12.9 Å². The maximum Gasteiger partial charge on any atom is 0.0441 e. The fourth-order valence-electron chi connectivity index (χ4n) is 2.26. The summed E-state index contributed by atoms with van der Waals surface area (Å²) >= 11 is 0. The Bertz CT molecular complexity index is 298. The van der Waals surface area contributed by atoms with Crippen LogP contribution in [0.5, 0.6) is 0 Å². The van der Waals surface area contributed by atoms with Gasteiger partial charge in [-0.3, -0.25) is 4.98 Å². The molecule has 1 aromatic rings. The van der Waals surface area contributed by atoms with Crippen molar-refractivity contribution in [3.05, 3.63) is 28.6 Å². The normalized spacial score (nSPS) is 15.5. The minimum atomic E-state index is 1.16. The van der Waals surface area contributed by atoms with Gasteiger partial charge in [0.2, 0.25) is 0 Å². The maximum atomic E-state index is 4.62. The summed E-state index contributed by atoms with van der Waals surface area (Å²) in [5.41, 5.74) is 5.65. The van der Waals surface area contributed by atoms with Crippen LogP contribution in [-0.4, -0.2) is 4.98 Å². The van der Waals surface area contributed by atoms with Crippen LogP contribution in [0.2, 0.25) is 0 Å². The molecule has 1 aliphatic rings. The van der Waals surface area contributed by atoms with Gasteiger partial charge in [-0.25, -0.2) is 0 Å². The first-order valence-electron chi connectivity index (χ1n) is 5.29. The SMILES string of the molecule is CCc1cc(C)nc2c1CCCC2. The molecule has 1 aromatic heterocycles. The van der Waals surface area contributed by atoms with Crippen LogP contribution >= 0.6 is 0 Å². The van der Waals surface area contributed by atoms with E-state index in [2.05, 4.69) is 24.9 Å². The quantitative estimate of drug-likeness (QED) is 0.639. The van der Waals surface area contributed by atoms with Gasteiger partial charge in [0.05, 0.1) is 0 Å². The van der Waals surface area contributed by atoms with Crippen molar-refractivity contribution in [3.8, 4) is 0 Å². The highest BCUT2D eigenvalue weighted by Gasteiger charge is 2.13. The van der Waals surface area contributed by atoms with Crippen LogP contribution in [-0.2, 0) is 19.3 Å². The summed E-state index contributed by atoms with van der Waals surface area (Å²) in [6, 6.07) is 2.25. The van der Waals surface area contributed by atoms with Crippen molar-refractivity contribution in [1.82, 2.24) is 4.98 Å². The molecule has 0 radical (unpaired) electrons. The molecule has 0 fully saturated rings. The van der Waals surface area contributed by atoms with Crippen LogP contribution in [0.1, 0.15) is 42.3 Å². The number of pyridine rings is 1. The molecule has 0 atom stereocenters. The van der Waals surface area contributed by atoms with E-state index in [1.165, 1.54) is 42.6 Å². The zero-order chi connectivity index (χ0) is 9.26. The molecule has 13 heavy (non-hydrogen) atoms. The first-order chi connectivity index (χ1) is 6.31. The Morgan fingerprint density at radius 2 is 2.08 bits per heavy atom. The Hall–Kier alpha value is -0.850. The molecule has 0 spiro atoms. The number of aryl methyl sites for hydroxylation is 3. The Balaban J connectivity index is 2.50. The molecule has 1 aliphatic carbocycles. The lowest BCUT2D eigenvalue weighted by molar-refractivity contribution is 0.658. The minimum Gasteiger partial charge on any atom is -0.258 e. The second-order valence-electron chi connectivity index (χ2n) is 3.91. The number of nitrogens with zero attached hydrogens (tertiary/aromatic N) is 1. The van der Waals surface area contributed by atoms with Crippen molar-refractivity contribution in [2.45, 2.75) is 46.0 Å². The Kier molecular flexibility index (Phi) is 2.34. The molecule has 0 unspecified atom stereocenters. The predicted octanol–water partition coefficient (Wildman–Crippen LogP) is 2.83. The number of fused-ring (bicyclic) bond motifs is 1. The molecule has 0 amide bonds. The lowest BCUT2D eigenvalue weighted by Gasteiger charge is -2.18. The van der Waals surface area contributed by atoms with Gasteiger partial charge in [-0.15, -0.1) is 0 Å². The van der Waals surface area contributed by atoms with E-state index in [1.54, 1.807) is 5.56 Å². The smallest absolute Gasteiger partial charge is 0.0441 e. The van der Waals surface area contributed by atoms with Crippen molar-refractivity contribution < 1.29 is 0 Å². The molecule has 0 saturated heterocycles. The molecule has 0 aromatic carbocycles. The number of rotatable bonds is 1. The van der Waals surface area contributed by atoms with E-state index >= 15 is 0 Å². The fourth-order valence-corrected chi connectivity index (χ4v) is 2.26. The maximum absolute atomic E-state index is 4.62. The average Bonchev–Trinajstić information content (AvgIpc) is 2.16. The molecule has 1 nitrogen and oxygen atoms in total. The van der Waals surface area contributed by atoms with Gasteiger partial charge in [0, 0.05) is 11.4 Å². The molecule has 0 aliphatic heterocycles. The zero-order valence-corrected chi connectivity index (χ0v) is 8.56. The van der Waals surface area contributed by atoms with Crippen molar-refractivity contribution >= 4 is 0 Å². The molecule has 2 rings (SSSR count). The summed E-state index contributed by atoms with van der Waals surface area (Å²) < 4.78 is 0. The first kappa shape index (κ1) is 8.74. The summed E-state index contributed by atoms with van der Waals surface area (Å²) in [6.07, 6.45) is 6.29. The second-order valence-corrected chi connectivity index (χ2v) is 3.91. The summed E-state index contributed by atoms with van der Waals surface area (Å²) in [5, 5.41) is 0. The Morgan fingerprint density at radius 1 is 1.31 bits per heavy atom. The third-order valence-corrected chi connectivity index (χ3v) is 2.90. The molecule has 0 saturated carbocycles. The van der Waals surface area contributed by atoms with Crippen LogP contribution in [0.4, 0.5) is 0 Å². The van der Waals surface area contributed by atoms with Gasteiger partial charge >= 0.3 is 0 Å². The lowest BCUT2D eigenvalue weighted by Crippen LogP contribution is -2.09. The van der Waals surface area contributed by atoms with Gasteiger partial charge in [-0.05, 0) is 56.2 Å². The van der Waals surface area contributed by atoms with Crippen molar-refractivity contribution in [2.75, 3.05) is 0 Å². The average molecular weight is 175 g/mol. The van der Waals surface area contributed by atoms with Crippen LogP contribution < -0.4 is 0 Å². The highest BCUT2D eigenvalue weighted by molar-refractivity contribution is 5.34. The molecule has 0 bridgehead atoms. The molecule has 0 N–H and O–H groups in total. The van der Waals surface area contributed by atoms with Gasteiger partial charge in [0.1, 0.15) is 0 Å². The Labute approximate surface area is 80.2 Å². The van der Waals surface area contributed by atoms with Crippen LogP contribution in [0.25, 0.3) is 0 Å². The number of aromatic nitrogens is 1. The van der Waals surface area contributed by atoms with Crippen LogP contribution in [0, 0.1) is 6.92 Å². The predicted molar refractivity (Wildman–Crippen MR) is 55.0 cm³/mol. The Morgan fingerprint density at radius 3 is 2.85 bits per heavy atom. The molecular weight excluding hydrogens is 158 g/mol. The molecule has 1 heteroatoms. The fraction of sp³-hybridized carbons (Fsp3) is 0.583. The summed E-state index contributed by atoms with van der Waals surface area (Å²) in [7, 11) is 0. The molecule has 1 heterocycles. The number of hydrogen-bond donors (Lipinski definition) is 0. The van der Waals surface area contributed by atoms with E-state index in [1.807, 2.05) is 0 Å². The van der Waals surface area contributed by atoms with E-state index in [-0.39, 0.29) is 0 Å². The largest absolute Gasteiger partial charge is 0.258 e. The van der Waals surface area contributed by atoms with Gasteiger partial charge in [-0.2, -0.15) is 0 Å². The van der Waals surface area contributed by atoms with Gasteiger partial charge in [0.25, 0.3) is 0 Å². The van der Waals surface area contributed by atoms with Gasteiger partial charge < -0.3 is 0 Å².